The van der Waals surface area contributed by atoms with Crippen molar-refractivity contribution in [3.63, 3.8) is 0 Å². The highest BCUT2D eigenvalue weighted by molar-refractivity contribution is 6.05. The zero-order valence-corrected chi connectivity index (χ0v) is 23.1. The number of hydrogen-bond acceptors (Lipinski definition) is 6. The summed E-state index contributed by atoms with van der Waals surface area (Å²) >= 11 is 0. The molecule has 6 atom stereocenters. The van der Waals surface area contributed by atoms with Crippen molar-refractivity contribution in [1.29, 1.82) is 0 Å². The SMILES string of the molecule is CCOc1ccc(NC(=O)[C@H]2[C@H]3C(=O)N(CCO)C(C(=O)Nc4c(C)cccc4C)C34CC(C)[C@]2(C)O4)cc1. The number of carbonyl (C=O) groups excluding carboxylic acids is 3. The standard InChI is InChI=1S/C30H37N3O6/c1-6-38-21-12-10-20(11-13-21)31-26(35)22-23-28(37)33(14-15-34)25(30(23)16-19(4)29(22,5)39-30)27(36)32-24-17(2)8-7-9-18(24)3/h7-13,19,22-23,25,34H,6,14-16H2,1-5H3,(H,31,35)(H,32,36)/t19?,22-,23+,25?,29+,30?/m1/s1. The van der Waals surface area contributed by atoms with Crippen LogP contribution in [0.15, 0.2) is 42.5 Å². The van der Waals surface area contributed by atoms with Gasteiger partial charge in [0.2, 0.25) is 17.7 Å². The van der Waals surface area contributed by atoms with Gasteiger partial charge in [0.15, 0.2) is 0 Å². The second-order valence-corrected chi connectivity index (χ2v) is 11.2. The smallest absolute Gasteiger partial charge is 0.250 e. The van der Waals surface area contributed by atoms with E-state index in [9.17, 15) is 19.5 Å². The molecule has 2 aromatic carbocycles. The second kappa shape index (κ2) is 9.95. The van der Waals surface area contributed by atoms with Crippen molar-refractivity contribution in [3.8, 4) is 5.75 Å². The Morgan fingerprint density at radius 2 is 1.77 bits per heavy atom. The minimum atomic E-state index is -1.18. The Morgan fingerprint density at radius 3 is 2.38 bits per heavy atom. The highest BCUT2D eigenvalue weighted by atomic mass is 16.5. The number of aliphatic hydroxyl groups excluding tert-OH is 1. The van der Waals surface area contributed by atoms with E-state index in [1.54, 1.807) is 24.3 Å². The van der Waals surface area contributed by atoms with Crippen molar-refractivity contribution in [2.24, 2.45) is 17.8 Å². The fourth-order valence-electron chi connectivity index (χ4n) is 7.01. The van der Waals surface area contributed by atoms with Crippen LogP contribution in [0.4, 0.5) is 11.4 Å². The van der Waals surface area contributed by atoms with Gasteiger partial charge < -0.3 is 30.1 Å². The van der Waals surface area contributed by atoms with Crippen molar-refractivity contribution in [2.45, 2.75) is 58.3 Å². The van der Waals surface area contributed by atoms with Crippen LogP contribution >= 0.6 is 0 Å². The predicted molar refractivity (Wildman–Crippen MR) is 146 cm³/mol. The highest BCUT2D eigenvalue weighted by Gasteiger charge is 2.79. The first-order chi connectivity index (χ1) is 18.6. The van der Waals surface area contributed by atoms with E-state index in [4.69, 9.17) is 9.47 Å². The summed E-state index contributed by atoms with van der Waals surface area (Å²) in [4.78, 5) is 43.1. The molecular weight excluding hydrogens is 498 g/mol. The Kier molecular flexibility index (Phi) is 6.93. The highest BCUT2D eigenvalue weighted by Crippen LogP contribution is 2.65. The molecule has 3 heterocycles. The Bertz CT molecular complexity index is 1280. The van der Waals surface area contributed by atoms with E-state index in [-0.39, 0.29) is 36.8 Å². The number of aliphatic hydroxyl groups is 1. The van der Waals surface area contributed by atoms with Gasteiger partial charge in [0.05, 0.1) is 30.7 Å². The molecule has 1 spiro atoms. The summed E-state index contributed by atoms with van der Waals surface area (Å²) in [6.45, 7) is 9.81. The van der Waals surface area contributed by atoms with Gasteiger partial charge in [0.1, 0.15) is 17.4 Å². The van der Waals surface area contributed by atoms with Gasteiger partial charge in [-0.1, -0.05) is 25.1 Å². The molecule has 3 aliphatic heterocycles. The number of amides is 3. The lowest BCUT2D eigenvalue weighted by Crippen LogP contribution is -2.54. The zero-order chi connectivity index (χ0) is 28.1. The quantitative estimate of drug-likeness (QED) is 0.478. The third kappa shape index (κ3) is 4.19. The number of benzene rings is 2. The molecule has 9 heteroatoms. The lowest BCUT2D eigenvalue weighted by atomic mass is 9.62. The third-order valence-corrected chi connectivity index (χ3v) is 8.85. The van der Waals surface area contributed by atoms with Crippen molar-refractivity contribution < 1.29 is 29.0 Å². The molecule has 0 radical (unpaired) electrons. The van der Waals surface area contributed by atoms with Crippen LogP contribution in [0.1, 0.15) is 38.3 Å². The summed E-state index contributed by atoms with van der Waals surface area (Å²) in [5, 5.41) is 15.8. The number of hydrogen-bond donors (Lipinski definition) is 3. The molecule has 0 aromatic heterocycles. The number of rotatable bonds is 8. The van der Waals surface area contributed by atoms with Gasteiger partial charge in [0, 0.05) is 17.9 Å². The van der Waals surface area contributed by atoms with Gasteiger partial charge >= 0.3 is 0 Å². The zero-order valence-electron chi connectivity index (χ0n) is 23.1. The van der Waals surface area contributed by atoms with Crippen LogP contribution in [0.5, 0.6) is 5.75 Å². The average molecular weight is 536 g/mol. The number of fused-ring (bicyclic) bond motifs is 1. The van der Waals surface area contributed by atoms with E-state index < -0.39 is 29.1 Å². The molecule has 0 saturated carbocycles. The first kappa shape index (κ1) is 27.1. The minimum Gasteiger partial charge on any atom is -0.494 e. The number of nitrogens with one attached hydrogen (secondary N) is 2. The minimum absolute atomic E-state index is 0.0242. The van der Waals surface area contributed by atoms with E-state index in [1.165, 1.54) is 4.90 Å². The summed E-state index contributed by atoms with van der Waals surface area (Å²) in [5.41, 5.74) is 0.967. The molecule has 3 aliphatic rings. The molecule has 3 fully saturated rings. The Hall–Kier alpha value is -3.43. The van der Waals surface area contributed by atoms with Crippen LogP contribution in [0.2, 0.25) is 0 Å². The number of β-amino-alcohol motifs (C(OH)–C–C–N with tert-alkyl or cyclic N) is 1. The summed E-state index contributed by atoms with van der Waals surface area (Å²) < 4.78 is 12.2. The molecule has 3 N–H and O–H groups in total. The number of likely N-dealkylation sites (tertiary alicyclic amines) is 1. The fraction of sp³-hybridized carbons (Fsp3) is 0.500. The summed E-state index contributed by atoms with van der Waals surface area (Å²) in [5.74, 6) is -2.08. The topological polar surface area (TPSA) is 117 Å². The normalized spacial score (nSPS) is 30.8. The summed E-state index contributed by atoms with van der Waals surface area (Å²) in [6, 6.07) is 11.8. The van der Waals surface area contributed by atoms with Crippen LogP contribution in [0, 0.1) is 31.6 Å². The maximum atomic E-state index is 14.0. The largest absolute Gasteiger partial charge is 0.494 e. The number of ether oxygens (including phenoxy) is 2. The molecule has 5 rings (SSSR count). The lowest BCUT2D eigenvalue weighted by molar-refractivity contribution is -0.144. The molecule has 3 unspecified atom stereocenters. The monoisotopic (exact) mass is 535 g/mol. The summed E-state index contributed by atoms with van der Waals surface area (Å²) in [7, 11) is 0. The first-order valence-electron chi connectivity index (χ1n) is 13.6. The molecule has 0 aliphatic carbocycles. The van der Waals surface area contributed by atoms with Gasteiger partial charge in [-0.2, -0.15) is 0 Å². The first-order valence-corrected chi connectivity index (χ1v) is 13.6. The average Bonchev–Trinajstić information content (AvgIpc) is 3.40. The third-order valence-electron chi connectivity index (χ3n) is 8.85. The molecule has 9 nitrogen and oxygen atoms in total. The number of nitrogens with zero attached hydrogens (tertiary/aromatic N) is 1. The number of para-hydroxylation sites is 1. The van der Waals surface area contributed by atoms with E-state index in [0.717, 1.165) is 11.1 Å². The van der Waals surface area contributed by atoms with E-state index in [2.05, 4.69) is 10.6 Å². The van der Waals surface area contributed by atoms with Crippen LogP contribution in [-0.4, -0.2) is 64.7 Å². The van der Waals surface area contributed by atoms with Gasteiger partial charge in [0.25, 0.3) is 0 Å². The number of anilines is 2. The molecule has 208 valence electrons. The van der Waals surface area contributed by atoms with Crippen molar-refractivity contribution >= 4 is 29.1 Å². The van der Waals surface area contributed by atoms with Gasteiger partial charge in [-0.05, 0) is 75.4 Å². The number of aryl methyl sites for hydroxylation is 2. The van der Waals surface area contributed by atoms with Crippen LogP contribution in [0.3, 0.4) is 0 Å². The van der Waals surface area contributed by atoms with Crippen LogP contribution in [0.25, 0.3) is 0 Å². The van der Waals surface area contributed by atoms with Crippen LogP contribution in [-0.2, 0) is 19.1 Å². The molecular formula is C30H37N3O6. The van der Waals surface area contributed by atoms with Crippen molar-refractivity contribution in [2.75, 3.05) is 30.4 Å². The molecule has 3 saturated heterocycles. The van der Waals surface area contributed by atoms with E-state index in [1.807, 2.05) is 52.8 Å². The van der Waals surface area contributed by atoms with E-state index in [0.29, 0.717) is 30.2 Å². The Labute approximate surface area is 228 Å². The molecule has 2 aromatic rings. The Morgan fingerprint density at radius 1 is 1.10 bits per heavy atom. The van der Waals surface area contributed by atoms with Crippen molar-refractivity contribution in [1.82, 2.24) is 4.90 Å². The van der Waals surface area contributed by atoms with Crippen molar-refractivity contribution in [3.05, 3.63) is 53.6 Å². The fourth-order valence-corrected chi connectivity index (χ4v) is 7.01. The Balaban J connectivity index is 1.49. The summed E-state index contributed by atoms with van der Waals surface area (Å²) in [6.07, 6.45) is 0.458. The van der Waals surface area contributed by atoms with Gasteiger partial charge in [-0.3, -0.25) is 14.4 Å². The predicted octanol–water partition coefficient (Wildman–Crippen LogP) is 3.28. The maximum Gasteiger partial charge on any atom is 0.250 e. The second-order valence-electron chi connectivity index (χ2n) is 11.2. The maximum absolute atomic E-state index is 14.0. The lowest BCUT2D eigenvalue weighted by Gasteiger charge is -2.36. The van der Waals surface area contributed by atoms with E-state index >= 15 is 0 Å². The molecule has 39 heavy (non-hydrogen) atoms. The molecule has 2 bridgehead atoms. The van der Waals surface area contributed by atoms with Gasteiger partial charge in [-0.15, -0.1) is 0 Å². The number of carbonyl (C=O) groups is 3. The van der Waals surface area contributed by atoms with Gasteiger partial charge in [-0.25, -0.2) is 0 Å². The molecule has 3 amide bonds. The van der Waals surface area contributed by atoms with Crippen LogP contribution < -0.4 is 15.4 Å².